The molecule has 1 radical (unpaired) electrons. The predicted octanol–water partition coefficient (Wildman–Crippen LogP) is 2.56. The predicted molar refractivity (Wildman–Crippen MR) is 74.2 cm³/mol. The van der Waals surface area contributed by atoms with Gasteiger partial charge >= 0.3 is 0 Å². The largest absolute Gasteiger partial charge is 0.382 e. The van der Waals surface area contributed by atoms with Crippen molar-refractivity contribution in [2.75, 3.05) is 5.73 Å². The van der Waals surface area contributed by atoms with Gasteiger partial charge in [-0.25, -0.2) is 4.98 Å². The summed E-state index contributed by atoms with van der Waals surface area (Å²) in [5, 5.41) is 6.73. The third-order valence-electron chi connectivity index (χ3n) is 3.25. The Labute approximate surface area is 105 Å². The lowest BCUT2D eigenvalue weighted by Gasteiger charge is -2.03. The number of hydrogen-bond donors (Lipinski definition) is 1. The van der Waals surface area contributed by atoms with Gasteiger partial charge in [0.25, 0.3) is 0 Å². The molecule has 1 aromatic carbocycles. The minimum Gasteiger partial charge on any atom is -0.382 e. The number of rotatable bonds is 2. The van der Waals surface area contributed by atoms with Crippen molar-refractivity contribution in [2.45, 2.75) is 19.9 Å². The van der Waals surface area contributed by atoms with Gasteiger partial charge in [-0.15, -0.1) is 0 Å². The van der Waals surface area contributed by atoms with Crippen molar-refractivity contribution < 1.29 is 0 Å². The third kappa shape index (κ3) is 1.38. The SMILES string of the molecule is [CH2]Cc1c2c(nn1CC)c(N)nc1ccccc12. The van der Waals surface area contributed by atoms with Gasteiger partial charge in [-0.05, 0) is 26.3 Å². The fraction of sp³-hybridized carbons (Fsp3) is 0.214. The number of nitrogens with zero attached hydrogens (tertiary/aromatic N) is 3. The average molecular weight is 239 g/mol. The van der Waals surface area contributed by atoms with Gasteiger partial charge in [0.05, 0.1) is 5.52 Å². The summed E-state index contributed by atoms with van der Waals surface area (Å²) < 4.78 is 1.96. The normalized spacial score (nSPS) is 11.4. The van der Waals surface area contributed by atoms with Gasteiger partial charge in [-0.3, -0.25) is 4.68 Å². The van der Waals surface area contributed by atoms with Crippen LogP contribution in [-0.4, -0.2) is 14.8 Å². The Kier molecular flexibility index (Phi) is 2.44. The maximum atomic E-state index is 6.01. The number of nitrogen functional groups attached to an aromatic ring is 1. The van der Waals surface area contributed by atoms with E-state index >= 15 is 0 Å². The van der Waals surface area contributed by atoms with E-state index in [4.69, 9.17) is 5.73 Å². The summed E-state index contributed by atoms with van der Waals surface area (Å²) in [6.45, 7) is 6.88. The summed E-state index contributed by atoms with van der Waals surface area (Å²) in [6.07, 6.45) is 0.692. The zero-order valence-electron chi connectivity index (χ0n) is 10.3. The van der Waals surface area contributed by atoms with E-state index in [2.05, 4.69) is 30.0 Å². The molecule has 0 amide bonds. The van der Waals surface area contributed by atoms with Crippen LogP contribution in [0.1, 0.15) is 12.6 Å². The Hall–Kier alpha value is -2.10. The Morgan fingerprint density at radius 2 is 2.11 bits per heavy atom. The summed E-state index contributed by atoms with van der Waals surface area (Å²) in [6, 6.07) is 8.01. The lowest BCUT2D eigenvalue weighted by molar-refractivity contribution is 0.639. The van der Waals surface area contributed by atoms with E-state index in [0.29, 0.717) is 12.2 Å². The molecular weight excluding hydrogens is 224 g/mol. The summed E-state index contributed by atoms with van der Waals surface area (Å²) in [5.41, 5.74) is 8.83. The van der Waals surface area contributed by atoms with Gasteiger partial charge in [0.2, 0.25) is 0 Å². The number of anilines is 1. The Balaban J connectivity index is 2.56. The first-order valence-electron chi connectivity index (χ1n) is 6.09. The van der Waals surface area contributed by atoms with Crippen molar-refractivity contribution in [1.82, 2.24) is 14.8 Å². The van der Waals surface area contributed by atoms with Crippen molar-refractivity contribution >= 4 is 27.6 Å². The zero-order valence-corrected chi connectivity index (χ0v) is 10.3. The topological polar surface area (TPSA) is 56.7 Å². The Morgan fingerprint density at radius 3 is 2.83 bits per heavy atom. The molecule has 0 aliphatic rings. The first-order chi connectivity index (χ1) is 8.76. The number of nitrogens with two attached hydrogens (primary N) is 1. The van der Waals surface area contributed by atoms with E-state index < -0.39 is 0 Å². The molecule has 0 aliphatic carbocycles. The molecule has 0 atom stereocenters. The summed E-state index contributed by atoms with van der Waals surface area (Å²) >= 11 is 0. The van der Waals surface area contributed by atoms with Crippen LogP contribution < -0.4 is 5.73 Å². The highest BCUT2D eigenvalue weighted by atomic mass is 15.3. The molecule has 2 aromatic heterocycles. The standard InChI is InChI=1S/C14H15N4/c1-3-11-12-9-7-5-6-8-10(9)16-14(15)13(12)17-18(11)4-2/h5-8H,1,3-4H2,2H3,(H2,15,16). The van der Waals surface area contributed by atoms with Crippen molar-refractivity contribution in [3.63, 3.8) is 0 Å². The molecule has 91 valence electrons. The van der Waals surface area contributed by atoms with Crippen LogP contribution in [0.3, 0.4) is 0 Å². The second-order valence-electron chi connectivity index (χ2n) is 4.25. The molecule has 18 heavy (non-hydrogen) atoms. The molecule has 0 aliphatic heterocycles. The van der Waals surface area contributed by atoms with Crippen LogP contribution in [0.25, 0.3) is 21.8 Å². The molecule has 0 unspecified atom stereocenters. The molecule has 0 saturated heterocycles. The summed E-state index contributed by atoms with van der Waals surface area (Å²) in [7, 11) is 0. The molecule has 4 nitrogen and oxygen atoms in total. The lowest BCUT2D eigenvalue weighted by Crippen LogP contribution is -2.01. The van der Waals surface area contributed by atoms with Crippen LogP contribution in [-0.2, 0) is 13.0 Å². The smallest absolute Gasteiger partial charge is 0.152 e. The molecule has 3 aromatic rings. The number of benzene rings is 1. The van der Waals surface area contributed by atoms with Gasteiger partial charge < -0.3 is 5.73 Å². The molecule has 2 N–H and O–H groups in total. The highest BCUT2D eigenvalue weighted by Crippen LogP contribution is 2.30. The summed E-state index contributed by atoms with van der Waals surface area (Å²) in [4.78, 5) is 4.41. The molecule has 0 fully saturated rings. The van der Waals surface area contributed by atoms with Crippen LogP contribution in [0.15, 0.2) is 24.3 Å². The van der Waals surface area contributed by atoms with E-state index in [1.54, 1.807) is 0 Å². The number of hydrogen-bond acceptors (Lipinski definition) is 3. The maximum absolute atomic E-state index is 6.01. The third-order valence-corrected chi connectivity index (χ3v) is 3.25. The number of aromatic nitrogens is 3. The van der Waals surface area contributed by atoms with E-state index in [9.17, 15) is 0 Å². The first kappa shape index (κ1) is 11.0. The van der Waals surface area contributed by atoms with E-state index in [0.717, 1.165) is 34.0 Å². The fourth-order valence-corrected chi connectivity index (χ4v) is 2.44. The molecule has 0 bridgehead atoms. The maximum Gasteiger partial charge on any atom is 0.152 e. The van der Waals surface area contributed by atoms with Gasteiger partial charge in [0, 0.05) is 23.0 Å². The van der Waals surface area contributed by atoms with Crippen LogP contribution >= 0.6 is 0 Å². The van der Waals surface area contributed by atoms with Crippen LogP contribution in [0.4, 0.5) is 5.82 Å². The minimum absolute atomic E-state index is 0.491. The Morgan fingerprint density at radius 1 is 1.33 bits per heavy atom. The number of para-hydroxylation sites is 1. The van der Waals surface area contributed by atoms with Gasteiger partial charge in [-0.1, -0.05) is 18.2 Å². The lowest BCUT2D eigenvalue weighted by atomic mass is 10.1. The molecule has 3 rings (SSSR count). The van der Waals surface area contributed by atoms with Crippen LogP contribution in [0.5, 0.6) is 0 Å². The van der Waals surface area contributed by atoms with Crippen molar-refractivity contribution in [3.8, 4) is 0 Å². The second-order valence-corrected chi connectivity index (χ2v) is 4.25. The van der Waals surface area contributed by atoms with E-state index in [1.807, 2.05) is 22.9 Å². The number of fused-ring (bicyclic) bond motifs is 3. The molecule has 4 heteroatoms. The molecule has 2 heterocycles. The van der Waals surface area contributed by atoms with Crippen LogP contribution in [0, 0.1) is 6.92 Å². The monoisotopic (exact) mass is 239 g/mol. The Bertz CT molecular complexity index is 727. The fourth-order valence-electron chi connectivity index (χ4n) is 2.44. The minimum atomic E-state index is 0.491. The average Bonchev–Trinajstić information content (AvgIpc) is 2.78. The molecular formula is C14H15N4. The van der Waals surface area contributed by atoms with Gasteiger partial charge in [0.15, 0.2) is 5.82 Å². The highest BCUT2D eigenvalue weighted by Gasteiger charge is 2.15. The highest BCUT2D eigenvalue weighted by molar-refractivity contribution is 6.09. The van der Waals surface area contributed by atoms with Gasteiger partial charge in [-0.2, -0.15) is 5.10 Å². The number of pyridine rings is 1. The quantitative estimate of drug-likeness (QED) is 0.747. The van der Waals surface area contributed by atoms with Gasteiger partial charge in [0.1, 0.15) is 5.52 Å². The summed E-state index contributed by atoms with van der Waals surface area (Å²) in [5.74, 6) is 0.491. The van der Waals surface area contributed by atoms with E-state index in [1.165, 1.54) is 0 Å². The van der Waals surface area contributed by atoms with Crippen molar-refractivity contribution in [1.29, 1.82) is 0 Å². The second kappa shape index (κ2) is 3.98. The molecule has 0 spiro atoms. The van der Waals surface area contributed by atoms with Crippen molar-refractivity contribution in [3.05, 3.63) is 36.9 Å². The number of aryl methyl sites for hydroxylation is 1. The first-order valence-corrected chi connectivity index (χ1v) is 6.09. The van der Waals surface area contributed by atoms with Crippen molar-refractivity contribution in [2.24, 2.45) is 0 Å². The van der Waals surface area contributed by atoms with Crippen LogP contribution in [0.2, 0.25) is 0 Å². The zero-order chi connectivity index (χ0) is 12.7. The van der Waals surface area contributed by atoms with E-state index in [-0.39, 0.29) is 0 Å². The molecule has 0 saturated carbocycles.